The lowest BCUT2D eigenvalue weighted by Gasteiger charge is -2.13. The third-order valence-corrected chi connectivity index (χ3v) is 3.65. The van der Waals surface area contributed by atoms with E-state index in [0.29, 0.717) is 17.2 Å². The maximum absolute atomic E-state index is 11.8. The first kappa shape index (κ1) is 21.0. The van der Waals surface area contributed by atoms with Gasteiger partial charge in [0.2, 0.25) is 0 Å². The summed E-state index contributed by atoms with van der Waals surface area (Å²) in [6.07, 6.45) is 0. The molecule has 2 aromatic carbocycles. The topological polar surface area (TPSA) is 97.9 Å². The van der Waals surface area contributed by atoms with Crippen molar-refractivity contribution in [3.8, 4) is 17.2 Å². The third-order valence-electron chi connectivity index (χ3n) is 3.45. The molecule has 2 aromatic rings. The fraction of sp³-hybridized carbons (Fsp3) is 0.211. The number of benzene rings is 2. The van der Waals surface area contributed by atoms with Gasteiger partial charge >= 0.3 is 0 Å². The van der Waals surface area contributed by atoms with Crippen LogP contribution in [0.25, 0.3) is 0 Å². The zero-order valence-electron chi connectivity index (χ0n) is 15.5. The van der Waals surface area contributed by atoms with Gasteiger partial charge in [-0.05, 0) is 42.9 Å². The van der Waals surface area contributed by atoms with Crippen LogP contribution in [0.15, 0.2) is 48.5 Å². The largest absolute Gasteiger partial charge is 0.493 e. The highest BCUT2D eigenvalue weighted by molar-refractivity contribution is 7.80. The molecule has 9 heteroatoms. The molecule has 0 aliphatic heterocycles. The van der Waals surface area contributed by atoms with Crippen molar-refractivity contribution in [1.82, 2.24) is 16.2 Å². The molecule has 0 bridgehead atoms. The normalized spacial score (nSPS) is 9.79. The monoisotopic (exact) mass is 403 g/mol. The van der Waals surface area contributed by atoms with Crippen molar-refractivity contribution in [2.45, 2.75) is 6.92 Å². The van der Waals surface area contributed by atoms with E-state index < -0.39 is 11.8 Å². The molecule has 2 amide bonds. The van der Waals surface area contributed by atoms with Gasteiger partial charge in [0.25, 0.3) is 11.8 Å². The van der Waals surface area contributed by atoms with Crippen molar-refractivity contribution in [3.05, 3.63) is 54.1 Å². The van der Waals surface area contributed by atoms with Gasteiger partial charge in [-0.25, -0.2) is 0 Å². The number of hydrazine groups is 1. The summed E-state index contributed by atoms with van der Waals surface area (Å²) < 4.78 is 15.9. The second-order valence-corrected chi connectivity index (χ2v) is 5.95. The van der Waals surface area contributed by atoms with Crippen LogP contribution in [0.2, 0.25) is 0 Å². The Morgan fingerprint density at radius 2 is 1.43 bits per heavy atom. The summed E-state index contributed by atoms with van der Waals surface area (Å²) >= 11 is 4.95. The highest BCUT2D eigenvalue weighted by atomic mass is 32.1. The molecule has 0 aliphatic rings. The number of aryl methyl sites for hydroxylation is 1. The second kappa shape index (κ2) is 10.7. The number of ether oxygens (including phenoxy) is 3. The fourth-order valence-electron chi connectivity index (χ4n) is 2.10. The summed E-state index contributed by atoms with van der Waals surface area (Å²) in [7, 11) is 1.51. The summed E-state index contributed by atoms with van der Waals surface area (Å²) in [5, 5.41) is 2.33. The van der Waals surface area contributed by atoms with Crippen molar-refractivity contribution in [2.24, 2.45) is 0 Å². The Hall–Kier alpha value is -3.33. The highest BCUT2D eigenvalue weighted by Gasteiger charge is 2.09. The molecule has 0 spiro atoms. The van der Waals surface area contributed by atoms with Crippen LogP contribution in [0.5, 0.6) is 17.2 Å². The number of thiocarbonyl (C=S) groups is 1. The van der Waals surface area contributed by atoms with Crippen LogP contribution < -0.4 is 30.4 Å². The average molecular weight is 403 g/mol. The van der Waals surface area contributed by atoms with E-state index in [1.54, 1.807) is 30.3 Å². The van der Waals surface area contributed by atoms with Crippen LogP contribution in [-0.4, -0.2) is 37.3 Å². The Labute approximate surface area is 168 Å². The van der Waals surface area contributed by atoms with Crippen molar-refractivity contribution in [2.75, 3.05) is 20.3 Å². The molecule has 8 nitrogen and oxygen atoms in total. The van der Waals surface area contributed by atoms with Crippen LogP contribution in [0.4, 0.5) is 0 Å². The third kappa shape index (κ3) is 6.76. The van der Waals surface area contributed by atoms with Gasteiger partial charge in [-0.1, -0.05) is 30.3 Å². The van der Waals surface area contributed by atoms with E-state index in [2.05, 4.69) is 16.2 Å². The molecule has 0 fully saturated rings. The Morgan fingerprint density at radius 1 is 0.857 bits per heavy atom. The van der Waals surface area contributed by atoms with E-state index >= 15 is 0 Å². The van der Waals surface area contributed by atoms with Crippen molar-refractivity contribution in [3.63, 3.8) is 0 Å². The standard InChI is InChI=1S/C19H21N3O5S/c1-13-7-3-4-8-14(13)26-11-17(23)20-19(28)22-21-18(24)12-27-16-10-6-5-9-15(16)25-2/h3-10H,11-12H2,1-2H3,(H,21,24)(H2,20,22,23,28). The summed E-state index contributed by atoms with van der Waals surface area (Å²) in [5.41, 5.74) is 5.66. The first-order valence-corrected chi connectivity index (χ1v) is 8.73. The number of carbonyl (C=O) groups excluding carboxylic acids is 2. The number of hydrogen-bond donors (Lipinski definition) is 3. The molecule has 0 atom stereocenters. The van der Waals surface area contributed by atoms with Crippen LogP contribution in [0.1, 0.15) is 5.56 Å². The van der Waals surface area contributed by atoms with Gasteiger partial charge in [-0.2, -0.15) is 0 Å². The summed E-state index contributed by atoms with van der Waals surface area (Å²) in [6, 6.07) is 14.3. The number of para-hydroxylation sites is 3. The zero-order chi connectivity index (χ0) is 20.4. The van der Waals surface area contributed by atoms with Crippen molar-refractivity contribution < 1.29 is 23.8 Å². The van der Waals surface area contributed by atoms with E-state index in [-0.39, 0.29) is 18.3 Å². The Morgan fingerprint density at radius 3 is 2.11 bits per heavy atom. The van der Waals surface area contributed by atoms with Gasteiger partial charge in [0.05, 0.1) is 7.11 Å². The molecule has 28 heavy (non-hydrogen) atoms. The lowest BCUT2D eigenvalue weighted by Crippen LogP contribution is -2.50. The number of methoxy groups -OCH3 is 1. The van der Waals surface area contributed by atoms with Gasteiger partial charge in [0, 0.05) is 0 Å². The highest BCUT2D eigenvalue weighted by Crippen LogP contribution is 2.25. The van der Waals surface area contributed by atoms with Crippen LogP contribution in [-0.2, 0) is 9.59 Å². The first-order chi connectivity index (χ1) is 13.5. The van der Waals surface area contributed by atoms with Crippen LogP contribution in [0.3, 0.4) is 0 Å². The summed E-state index contributed by atoms with van der Waals surface area (Å²) in [4.78, 5) is 23.7. The molecule has 0 unspecified atom stereocenters. The molecular weight excluding hydrogens is 382 g/mol. The quantitative estimate of drug-likeness (QED) is 0.476. The first-order valence-electron chi connectivity index (χ1n) is 8.32. The number of amides is 2. The minimum atomic E-state index is -0.487. The molecule has 0 heterocycles. The minimum absolute atomic E-state index is 0.0657. The maximum Gasteiger partial charge on any atom is 0.276 e. The minimum Gasteiger partial charge on any atom is -0.493 e. The smallest absolute Gasteiger partial charge is 0.276 e. The molecule has 0 saturated heterocycles. The van der Waals surface area contributed by atoms with E-state index in [1.165, 1.54) is 7.11 Å². The number of carbonyl (C=O) groups is 2. The number of hydrogen-bond acceptors (Lipinski definition) is 6. The number of nitrogens with one attached hydrogen (secondary N) is 3. The van der Waals surface area contributed by atoms with Gasteiger partial charge in [0.15, 0.2) is 29.8 Å². The fourth-order valence-corrected chi connectivity index (χ4v) is 2.26. The molecule has 0 saturated carbocycles. The van der Waals surface area contributed by atoms with Crippen LogP contribution in [0, 0.1) is 6.92 Å². The summed E-state index contributed by atoms with van der Waals surface area (Å²) in [5.74, 6) is 0.612. The molecule has 0 aromatic heterocycles. The molecule has 0 aliphatic carbocycles. The predicted octanol–water partition coefficient (Wildman–Crippen LogP) is 1.48. The van der Waals surface area contributed by atoms with Gasteiger partial charge in [-0.3, -0.25) is 25.8 Å². The SMILES string of the molecule is COc1ccccc1OCC(=O)NNC(=S)NC(=O)COc1ccccc1C. The molecule has 0 radical (unpaired) electrons. The zero-order valence-corrected chi connectivity index (χ0v) is 16.3. The molecule has 148 valence electrons. The van der Waals surface area contributed by atoms with E-state index in [0.717, 1.165) is 5.56 Å². The summed E-state index contributed by atoms with van der Waals surface area (Å²) in [6.45, 7) is 1.40. The lowest BCUT2D eigenvalue weighted by atomic mass is 10.2. The lowest BCUT2D eigenvalue weighted by molar-refractivity contribution is -0.124. The molecule has 2 rings (SSSR count). The van der Waals surface area contributed by atoms with Gasteiger partial charge in [0.1, 0.15) is 5.75 Å². The number of rotatable bonds is 7. The van der Waals surface area contributed by atoms with E-state index in [1.807, 2.05) is 25.1 Å². The molecular formula is C19H21N3O5S. The Balaban J connectivity index is 1.67. The van der Waals surface area contributed by atoms with Gasteiger partial charge < -0.3 is 14.2 Å². The van der Waals surface area contributed by atoms with Crippen LogP contribution >= 0.6 is 12.2 Å². The van der Waals surface area contributed by atoms with Crippen molar-refractivity contribution >= 4 is 29.1 Å². The van der Waals surface area contributed by atoms with Crippen molar-refractivity contribution in [1.29, 1.82) is 0 Å². The Bertz CT molecular complexity index is 844. The maximum atomic E-state index is 11.8. The van der Waals surface area contributed by atoms with E-state index in [4.69, 9.17) is 26.4 Å². The second-order valence-electron chi connectivity index (χ2n) is 5.54. The average Bonchev–Trinajstić information content (AvgIpc) is 2.70. The molecule has 3 N–H and O–H groups in total. The Kier molecular flexibility index (Phi) is 8.04. The predicted molar refractivity (Wildman–Crippen MR) is 107 cm³/mol. The van der Waals surface area contributed by atoms with E-state index in [9.17, 15) is 9.59 Å². The van der Waals surface area contributed by atoms with Gasteiger partial charge in [-0.15, -0.1) is 0 Å².